The number of hydrogen-bond donors (Lipinski definition) is 1. The van der Waals surface area contributed by atoms with Gasteiger partial charge >= 0.3 is 0 Å². The second-order valence-corrected chi connectivity index (χ2v) is 5.65. The van der Waals surface area contributed by atoms with E-state index in [0.717, 1.165) is 11.3 Å². The summed E-state index contributed by atoms with van der Waals surface area (Å²) in [5, 5.41) is 3.02. The van der Waals surface area contributed by atoms with E-state index >= 15 is 0 Å². The minimum Gasteiger partial charge on any atom is -0.378 e. The molecule has 1 amide bonds. The summed E-state index contributed by atoms with van der Waals surface area (Å²) in [7, 11) is 3.94. The molecule has 0 aliphatic rings. The molecule has 0 bridgehead atoms. The minimum absolute atomic E-state index is 0.208. The molecule has 0 aromatic heterocycles. The van der Waals surface area contributed by atoms with E-state index in [1.807, 2.05) is 43.3 Å². The molecule has 0 atom stereocenters. The Labute approximate surface area is 140 Å². The van der Waals surface area contributed by atoms with Gasteiger partial charge in [-0.1, -0.05) is 29.8 Å². The molecule has 0 aliphatic carbocycles. The normalized spacial score (nSPS) is 10.8. The van der Waals surface area contributed by atoms with E-state index in [9.17, 15) is 9.18 Å². The van der Waals surface area contributed by atoms with Gasteiger partial charge in [0.1, 0.15) is 5.82 Å². The number of carbonyl (C=O) groups is 1. The van der Waals surface area contributed by atoms with Crippen molar-refractivity contribution >= 4 is 29.3 Å². The third kappa shape index (κ3) is 4.83. The van der Waals surface area contributed by atoms with Gasteiger partial charge in [-0.05, 0) is 35.9 Å². The maximum atomic E-state index is 13.6. The van der Waals surface area contributed by atoms with Crippen LogP contribution in [0.2, 0.25) is 5.02 Å². The Balaban J connectivity index is 1.93. The smallest absolute Gasteiger partial charge is 0.244 e. The van der Waals surface area contributed by atoms with E-state index < -0.39 is 5.82 Å². The summed E-state index contributed by atoms with van der Waals surface area (Å²) in [5.41, 5.74) is 2.29. The summed E-state index contributed by atoms with van der Waals surface area (Å²) in [4.78, 5) is 13.8. The standard InChI is InChI=1S/C18H18ClFN2O/c1-22(2)14-8-6-13(7-9-14)12-21-18(23)11-10-15-16(19)4-3-5-17(15)20/h3-11H,12H2,1-2H3,(H,21,23)/b11-10+. The first-order valence-corrected chi connectivity index (χ1v) is 7.51. The van der Waals surface area contributed by atoms with Crippen molar-refractivity contribution in [1.82, 2.24) is 5.32 Å². The third-order valence-corrected chi connectivity index (χ3v) is 3.65. The zero-order chi connectivity index (χ0) is 16.8. The molecule has 2 aromatic carbocycles. The molecular weight excluding hydrogens is 315 g/mol. The van der Waals surface area contributed by atoms with Gasteiger partial charge in [0.05, 0.1) is 5.02 Å². The highest BCUT2D eigenvalue weighted by molar-refractivity contribution is 6.32. The lowest BCUT2D eigenvalue weighted by molar-refractivity contribution is -0.116. The van der Waals surface area contributed by atoms with E-state index in [1.54, 1.807) is 6.07 Å². The first-order valence-electron chi connectivity index (χ1n) is 7.13. The van der Waals surface area contributed by atoms with Crippen LogP contribution < -0.4 is 10.2 Å². The molecule has 0 aliphatic heterocycles. The van der Waals surface area contributed by atoms with Crippen LogP contribution in [0.4, 0.5) is 10.1 Å². The van der Waals surface area contributed by atoms with Crippen molar-refractivity contribution in [2.24, 2.45) is 0 Å². The van der Waals surface area contributed by atoms with E-state index in [1.165, 1.54) is 24.3 Å². The molecule has 23 heavy (non-hydrogen) atoms. The van der Waals surface area contributed by atoms with Crippen LogP contribution in [0.15, 0.2) is 48.5 Å². The number of carbonyl (C=O) groups excluding carboxylic acids is 1. The zero-order valence-electron chi connectivity index (χ0n) is 13.0. The van der Waals surface area contributed by atoms with Crippen LogP contribution in [0.1, 0.15) is 11.1 Å². The van der Waals surface area contributed by atoms with Crippen LogP contribution in [0.25, 0.3) is 6.08 Å². The largest absolute Gasteiger partial charge is 0.378 e. The summed E-state index contributed by atoms with van der Waals surface area (Å²) < 4.78 is 13.6. The minimum atomic E-state index is -0.458. The quantitative estimate of drug-likeness (QED) is 0.843. The van der Waals surface area contributed by atoms with E-state index in [0.29, 0.717) is 6.54 Å². The average molecular weight is 333 g/mol. The van der Waals surface area contributed by atoms with Crippen LogP contribution in [0.3, 0.4) is 0 Å². The lowest BCUT2D eigenvalue weighted by Crippen LogP contribution is -2.20. The summed E-state index contributed by atoms with van der Waals surface area (Å²) in [6.07, 6.45) is 2.65. The van der Waals surface area contributed by atoms with E-state index in [4.69, 9.17) is 11.6 Å². The van der Waals surface area contributed by atoms with Gasteiger partial charge in [-0.2, -0.15) is 0 Å². The van der Waals surface area contributed by atoms with Crippen molar-refractivity contribution in [1.29, 1.82) is 0 Å². The molecule has 0 heterocycles. The van der Waals surface area contributed by atoms with Crippen LogP contribution in [0.5, 0.6) is 0 Å². The van der Waals surface area contributed by atoms with Gasteiger partial charge in [0, 0.05) is 38.0 Å². The fraction of sp³-hybridized carbons (Fsp3) is 0.167. The summed E-state index contributed by atoms with van der Waals surface area (Å²) in [5.74, 6) is -0.762. The van der Waals surface area contributed by atoms with Gasteiger partial charge < -0.3 is 10.2 Å². The van der Waals surface area contributed by atoms with Gasteiger partial charge in [0.25, 0.3) is 0 Å². The average Bonchev–Trinajstić information content (AvgIpc) is 2.53. The number of amides is 1. The monoisotopic (exact) mass is 332 g/mol. The van der Waals surface area contributed by atoms with Crippen LogP contribution >= 0.6 is 11.6 Å². The third-order valence-electron chi connectivity index (χ3n) is 3.32. The molecular formula is C18H18ClFN2O. The molecule has 0 unspecified atom stereocenters. The number of nitrogens with one attached hydrogen (secondary N) is 1. The predicted octanol–water partition coefficient (Wildman–Crippen LogP) is 3.87. The lowest BCUT2D eigenvalue weighted by Gasteiger charge is -2.12. The van der Waals surface area contributed by atoms with Crippen LogP contribution in [-0.2, 0) is 11.3 Å². The highest BCUT2D eigenvalue weighted by atomic mass is 35.5. The Hall–Kier alpha value is -2.33. The van der Waals surface area contributed by atoms with Crippen LogP contribution in [0, 0.1) is 5.82 Å². The Kier molecular flexibility index (Phi) is 5.77. The molecule has 0 radical (unpaired) electrons. The maximum absolute atomic E-state index is 13.6. The fourth-order valence-corrected chi connectivity index (χ4v) is 2.21. The molecule has 2 rings (SSSR count). The van der Waals surface area contributed by atoms with Crippen molar-refractivity contribution in [2.45, 2.75) is 6.54 Å². The number of rotatable bonds is 5. The first kappa shape index (κ1) is 17.0. The summed E-state index contributed by atoms with van der Waals surface area (Å²) >= 11 is 5.90. The highest BCUT2D eigenvalue weighted by Crippen LogP contribution is 2.20. The summed E-state index contributed by atoms with van der Waals surface area (Å²) in [6, 6.07) is 12.3. The molecule has 1 N–H and O–H groups in total. The van der Waals surface area contributed by atoms with Gasteiger partial charge in [0.2, 0.25) is 5.91 Å². The molecule has 0 saturated carbocycles. The Morgan fingerprint density at radius 2 is 1.91 bits per heavy atom. The highest BCUT2D eigenvalue weighted by Gasteiger charge is 2.04. The van der Waals surface area contributed by atoms with E-state index in [2.05, 4.69) is 5.32 Å². The van der Waals surface area contributed by atoms with Crippen molar-refractivity contribution in [2.75, 3.05) is 19.0 Å². The van der Waals surface area contributed by atoms with Gasteiger partial charge in [-0.25, -0.2) is 4.39 Å². The molecule has 5 heteroatoms. The van der Waals surface area contributed by atoms with E-state index in [-0.39, 0.29) is 16.5 Å². The SMILES string of the molecule is CN(C)c1ccc(CNC(=O)/C=C/c2c(F)cccc2Cl)cc1. The van der Waals surface area contributed by atoms with Crippen molar-refractivity contribution in [3.05, 3.63) is 70.5 Å². The van der Waals surface area contributed by atoms with Crippen molar-refractivity contribution in [3.63, 3.8) is 0 Å². The number of halogens is 2. The van der Waals surface area contributed by atoms with Gasteiger partial charge in [-0.3, -0.25) is 4.79 Å². The zero-order valence-corrected chi connectivity index (χ0v) is 13.8. The number of benzene rings is 2. The Morgan fingerprint density at radius 3 is 2.52 bits per heavy atom. The number of hydrogen-bond acceptors (Lipinski definition) is 2. The van der Waals surface area contributed by atoms with Gasteiger partial charge in [-0.15, -0.1) is 0 Å². The van der Waals surface area contributed by atoms with Crippen molar-refractivity contribution in [3.8, 4) is 0 Å². The summed E-state index contributed by atoms with van der Waals surface area (Å²) in [6.45, 7) is 0.405. The number of nitrogens with zero attached hydrogens (tertiary/aromatic N) is 1. The lowest BCUT2D eigenvalue weighted by atomic mass is 10.2. The maximum Gasteiger partial charge on any atom is 0.244 e. The van der Waals surface area contributed by atoms with Crippen LogP contribution in [-0.4, -0.2) is 20.0 Å². The molecule has 120 valence electrons. The predicted molar refractivity (Wildman–Crippen MR) is 93.1 cm³/mol. The van der Waals surface area contributed by atoms with Gasteiger partial charge in [0.15, 0.2) is 0 Å². The first-order chi connectivity index (χ1) is 11.0. The second-order valence-electron chi connectivity index (χ2n) is 5.25. The number of anilines is 1. The topological polar surface area (TPSA) is 32.3 Å². The van der Waals surface area contributed by atoms with Crippen molar-refractivity contribution < 1.29 is 9.18 Å². The Bertz CT molecular complexity index is 691. The molecule has 0 fully saturated rings. The molecule has 0 saturated heterocycles. The second kappa shape index (κ2) is 7.79. The molecule has 0 spiro atoms. The molecule has 3 nitrogen and oxygen atoms in total. The molecule has 2 aromatic rings. The Morgan fingerprint density at radius 1 is 1.22 bits per heavy atom. The fourth-order valence-electron chi connectivity index (χ4n) is 1.99.